The minimum absolute atomic E-state index is 0.00216. The van der Waals surface area contributed by atoms with Gasteiger partial charge in [-0.2, -0.15) is 0 Å². The summed E-state index contributed by atoms with van der Waals surface area (Å²) in [5, 5.41) is 10.7. The van der Waals surface area contributed by atoms with Gasteiger partial charge in [0.05, 0.1) is 29.7 Å². The first-order valence-electron chi connectivity index (χ1n) is 16.9. The number of amides is 4. The summed E-state index contributed by atoms with van der Waals surface area (Å²) in [5.41, 5.74) is 5.68. The van der Waals surface area contributed by atoms with Gasteiger partial charge in [0.25, 0.3) is 0 Å². The Kier molecular flexibility index (Phi) is 10.2. The molecule has 6 heterocycles. The molecule has 2 aromatic rings. The fraction of sp³-hybridized carbons (Fsp3) is 0.588. The number of carbonyl (C=O) groups is 4. The lowest BCUT2D eigenvalue weighted by Gasteiger charge is -2.31. The van der Waals surface area contributed by atoms with Gasteiger partial charge in [0.15, 0.2) is 6.20 Å². The summed E-state index contributed by atoms with van der Waals surface area (Å²) in [6, 6.07) is 5.80. The second-order valence-electron chi connectivity index (χ2n) is 15.0. The Bertz CT molecular complexity index is 1600. The van der Waals surface area contributed by atoms with Crippen LogP contribution in [0.1, 0.15) is 80.1 Å². The summed E-state index contributed by atoms with van der Waals surface area (Å²) >= 11 is 0. The topological polar surface area (TPSA) is 195 Å². The molecule has 16 nitrogen and oxygen atoms in total. The summed E-state index contributed by atoms with van der Waals surface area (Å²) in [6.07, 6.45) is 5.96. The Labute approximate surface area is 291 Å². The van der Waals surface area contributed by atoms with Crippen molar-refractivity contribution < 1.29 is 33.6 Å². The van der Waals surface area contributed by atoms with Crippen LogP contribution in [0.4, 0.5) is 32.6 Å². The zero-order chi connectivity index (χ0) is 36.5. The van der Waals surface area contributed by atoms with Gasteiger partial charge in [-0.3, -0.25) is 19.4 Å². The monoisotopic (exact) mass is 694 g/mol. The third-order valence-corrected chi connectivity index (χ3v) is 8.97. The maximum Gasteiger partial charge on any atom is 0.410 e. The number of ether oxygens (including phenoxy) is 2. The van der Waals surface area contributed by atoms with Crippen molar-refractivity contribution in [2.45, 2.75) is 115 Å². The Morgan fingerprint density at radius 2 is 1.16 bits per heavy atom. The Balaban J connectivity index is 0.000000195. The molecule has 4 amide bonds. The van der Waals surface area contributed by atoms with Gasteiger partial charge >= 0.3 is 18.0 Å². The van der Waals surface area contributed by atoms with Crippen LogP contribution in [0.15, 0.2) is 36.7 Å². The molecular weight excluding hydrogens is 648 g/mol. The highest BCUT2D eigenvalue weighted by atomic mass is 16.6. The van der Waals surface area contributed by atoms with Crippen LogP contribution in [0.25, 0.3) is 0 Å². The molecule has 6 rings (SSSR count). The van der Waals surface area contributed by atoms with Gasteiger partial charge in [-0.15, -0.1) is 0 Å². The van der Waals surface area contributed by atoms with E-state index in [-0.39, 0.29) is 54.3 Å². The number of hydrogen-bond acceptors (Lipinski definition) is 11. The molecule has 2 aromatic heterocycles. The van der Waals surface area contributed by atoms with E-state index in [1.165, 1.54) is 18.3 Å². The number of hydrogen-bond donors (Lipinski definition) is 1. The van der Waals surface area contributed by atoms with Crippen LogP contribution in [0, 0.1) is 10.1 Å². The van der Waals surface area contributed by atoms with Gasteiger partial charge in [0.1, 0.15) is 17.0 Å². The smallest absolute Gasteiger partial charge is 0.410 e. The molecule has 0 saturated carbocycles. The molecule has 4 unspecified atom stereocenters. The molecule has 50 heavy (non-hydrogen) atoms. The third-order valence-electron chi connectivity index (χ3n) is 8.97. The zero-order valence-electron chi connectivity index (χ0n) is 29.4. The van der Waals surface area contributed by atoms with Crippen molar-refractivity contribution in [3.63, 3.8) is 0 Å². The van der Waals surface area contributed by atoms with E-state index in [0.717, 1.165) is 25.7 Å². The van der Waals surface area contributed by atoms with Crippen molar-refractivity contribution in [2.24, 2.45) is 0 Å². The van der Waals surface area contributed by atoms with E-state index in [4.69, 9.17) is 15.2 Å². The number of carbonyl (C=O) groups excluding carboxylic acids is 4. The number of nitrogens with two attached hydrogens (primary N) is 1. The molecule has 0 aliphatic carbocycles. The predicted octanol–water partition coefficient (Wildman–Crippen LogP) is 4.66. The molecular formula is C34H46N8O8. The highest BCUT2D eigenvalue weighted by molar-refractivity contribution is 5.95. The van der Waals surface area contributed by atoms with Crippen molar-refractivity contribution >= 4 is 47.0 Å². The minimum Gasteiger partial charge on any atom is -0.444 e. The van der Waals surface area contributed by atoms with Gasteiger partial charge in [0.2, 0.25) is 11.8 Å². The number of nitrogens with zero attached hydrogens (tertiary/aromatic N) is 7. The SMILES string of the molecule is CC(C)(C)OC(=O)N1C2CCC1CN(c1ccc(N)nc1)C(=O)C2.CC(C)(C)OC(=O)N1C2CCC1CN(c1ccc([N+](=O)[O-])nc1)C(=O)C2. The van der Waals surface area contributed by atoms with Gasteiger partial charge in [-0.1, -0.05) is 0 Å². The Hall–Kier alpha value is -5.02. The van der Waals surface area contributed by atoms with Crippen LogP contribution in [0.3, 0.4) is 0 Å². The van der Waals surface area contributed by atoms with Crippen molar-refractivity contribution in [3.8, 4) is 0 Å². The first-order valence-corrected chi connectivity index (χ1v) is 16.9. The number of anilines is 3. The standard InChI is InChI=1S/C17H22N4O5.C17H24N4O3/c1-17(2,3)26-16(23)20-11-4-5-13(20)10-19(15(22)8-11)12-6-7-14(18-9-12)21(24)25;1-17(2,3)24-16(23)21-11-4-5-13(21)10-20(15(22)8-11)12-6-7-14(18)19-9-12/h6-7,9,11,13H,4-5,8,10H2,1-3H3;6-7,9,11,13H,4-5,8,10H2,1-3H3,(H2,18,19). The normalized spacial score (nSPS) is 23.5. The number of nitrogen functional groups attached to an aromatic ring is 1. The molecule has 16 heteroatoms. The first kappa shape index (κ1) is 36.3. The number of aromatic nitrogens is 2. The van der Waals surface area contributed by atoms with Crippen molar-refractivity contribution in [2.75, 3.05) is 28.6 Å². The lowest BCUT2D eigenvalue weighted by Crippen LogP contribution is -2.45. The zero-order valence-corrected chi connectivity index (χ0v) is 29.4. The van der Waals surface area contributed by atoms with Gasteiger partial charge < -0.3 is 35.1 Å². The molecule has 4 bridgehead atoms. The van der Waals surface area contributed by atoms with E-state index in [9.17, 15) is 29.3 Å². The van der Waals surface area contributed by atoms with E-state index >= 15 is 0 Å². The average molecular weight is 695 g/mol. The van der Waals surface area contributed by atoms with Crippen LogP contribution in [0.2, 0.25) is 0 Å². The van der Waals surface area contributed by atoms with Gasteiger partial charge in [0, 0.05) is 44.1 Å². The predicted molar refractivity (Wildman–Crippen MR) is 183 cm³/mol. The molecule has 4 saturated heterocycles. The summed E-state index contributed by atoms with van der Waals surface area (Å²) < 4.78 is 11.0. The Morgan fingerprint density at radius 3 is 1.52 bits per heavy atom. The molecule has 4 fully saturated rings. The van der Waals surface area contributed by atoms with E-state index in [1.807, 2.05) is 41.5 Å². The summed E-state index contributed by atoms with van der Waals surface area (Å²) in [7, 11) is 0. The first-order chi connectivity index (χ1) is 23.4. The van der Waals surface area contributed by atoms with Crippen molar-refractivity contribution in [1.29, 1.82) is 0 Å². The summed E-state index contributed by atoms with van der Waals surface area (Å²) in [4.78, 5) is 75.2. The van der Waals surface area contributed by atoms with Crippen LogP contribution in [-0.4, -0.2) is 97.2 Å². The third kappa shape index (κ3) is 8.40. The van der Waals surface area contributed by atoms with Crippen molar-refractivity contribution in [3.05, 3.63) is 46.8 Å². The van der Waals surface area contributed by atoms with Crippen LogP contribution < -0.4 is 15.5 Å². The molecule has 0 radical (unpaired) electrons. The number of rotatable bonds is 3. The molecule has 4 aliphatic rings. The van der Waals surface area contributed by atoms with Crippen LogP contribution >= 0.6 is 0 Å². The molecule has 0 aromatic carbocycles. The van der Waals surface area contributed by atoms with E-state index in [1.54, 1.807) is 37.9 Å². The van der Waals surface area contributed by atoms with Crippen molar-refractivity contribution in [1.82, 2.24) is 19.8 Å². The van der Waals surface area contributed by atoms with E-state index < -0.39 is 22.2 Å². The molecule has 0 spiro atoms. The fourth-order valence-corrected chi connectivity index (χ4v) is 6.86. The van der Waals surface area contributed by atoms with E-state index in [2.05, 4.69) is 9.97 Å². The maximum absolute atomic E-state index is 12.7. The molecule has 4 aliphatic heterocycles. The van der Waals surface area contributed by atoms with Gasteiger partial charge in [-0.25, -0.2) is 14.6 Å². The van der Waals surface area contributed by atoms with Crippen LogP contribution in [0.5, 0.6) is 0 Å². The lowest BCUT2D eigenvalue weighted by molar-refractivity contribution is -0.389. The largest absolute Gasteiger partial charge is 0.444 e. The quantitative estimate of drug-likeness (QED) is 0.347. The second-order valence-corrected chi connectivity index (χ2v) is 15.0. The fourth-order valence-electron chi connectivity index (χ4n) is 6.86. The summed E-state index contributed by atoms with van der Waals surface area (Å²) in [6.45, 7) is 11.8. The maximum atomic E-state index is 12.7. The minimum atomic E-state index is -0.602. The average Bonchev–Trinajstić information content (AvgIpc) is 3.51. The molecule has 4 atom stereocenters. The van der Waals surface area contributed by atoms with Gasteiger partial charge in [-0.05, 0) is 95.3 Å². The highest BCUT2D eigenvalue weighted by Crippen LogP contribution is 2.35. The number of nitro groups is 1. The highest BCUT2D eigenvalue weighted by Gasteiger charge is 2.46. The lowest BCUT2D eigenvalue weighted by atomic mass is 10.1. The van der Waals surface area contributed by atoms with Crippen LogP contribution in [-0.2, 0) is 19.1 Å². The number of fused-ring (bicyclic) bond motifs is 4. The second kappa shape index (κ2) is 14.1. The van der Waals surface area contributed by atoms with E-state index in [0.29, 0.717) is 36.7 Å². The molecule has 270 valence electrons. The summed E-state index contributed by atoms with van der Waals surface area (Å²) in [5.74, 6) is 0.0228. The number of pyridine rings is 2. The Morgan fingerprint density at radius 1 is 0.740 bits per heavy atom. The molecule has 2 N–H and O–H groups in total.